The van der Waals surface area contributed by atoms with Crippen molar-refractivity contribution >= 4 is 46.5 Å². The molecule has 2 rings (SSSR count). The predicted molar refractivity (Wildman–Crippen MR) is 136 cm³/mol. The SMILES string of the molecule is NC(=O)CCC(NC(=O)C(Cc1c[nH]c2ccccc12)NC(=O)C(N)CO)C(=O)NC(CCC(=O)O)C(=O)O. The Morgan fingerprint density at radius 1 is 0.846 bits per heavy atom. The largest absolute Gasteiger partial charge is 0.481 e. The summed E-state index contributed by atoms with van der Waals surface area (Å²) in [5.74, 6) is -6.25. The second kappa shape index (κ2) is 14.4. The van der Waals surface area contributed by atoms with Gasteiger partial charge in [-0.2, -0.15) is 0 Å². The number of carbonyl (C=O) groups excluding carboxylic acids is 4. The number of aliphatic carboxylic acids is 2. The second-order valence-corrected chi connectivity index (χ2v) is 8.81. The Balaban J connectivity index is 2.29. The minimum absolute atomic E-state index is 0.0553. The molecule has 0 bridgehead atoms. The molecule has 0 aliphatic rings. The number of benzene rings is 1. The van der Waals surface area contributed by atoms with Gasteiger partial charge in [0.05, 0.1) is 6.61 Å². The van der Waals surface area contributed by atoms with E-state index in [0.717, 1.165) is 10.9 Å². The van der Waals surface area contributed by atoms with Gasteiger partial charge in [0.1, 0.15) is 24.2 Å². The number of para-hydroxylation sites is 1. The van der Waals surface area contributed by atoms with E-state index >= 15 is 0 Å². The Morgan fingerprint density at radius 3 is 2.05 bits per heavy atom. The third-order valence-electron chi connectivity index (χ3n) is 5.84. The lowest BCUT2D eigenvalue weighted by Gasteiger charge is -2.25. The molecule has 0 aliphatic carbocycles. The maximum absolute atomic E-state index is 13.3. The molecule has 15 nitrogen and oxygen atoms in total. The van der Waals surface area contributed by atoms with Gasteiger partial charge >= 0.3 is 11.9 Å². The van der Waals surface area contributed by atoms with E-state index < -0.39 is 79.2 Å². The van der Waals surface area contributed by atoms with Crippen molar-refractivity contribution in [3.63, 3.8) is 0 Å². The monoisotopic (exact) mass is 548 g/mol. The van der Waals surface area contributed by atoms with Gasteiger partial charge in [0.25, 0.3) is 0 Å². The molecule has 0 fully saturated rings. The first-order valence-electron chi connectivity index (χ1n) is 12.0. The number of hydrogen-bond acceptors (Lipinski definition) is 8. The molecule has 0 spiro atoms. The molecule has 0 saturated heterocycles. The maximum Gasteiger partial charge on any atom is 0.326 e. The summed E-state index contributed by atoms with van der Waals surface area (Å²) in [4.78, 5) is 75.4. The van der Waals surface area contributed by atoms with Crippen molar-refractivity contribution < 1.29 is 44.1 Å². The van der Waals surface area contributed by atoms with Crippen molar-refractivity contribution in [3.8, 4) is 0 Å². The van der Waals surface area contributed by atoms with E-state index in [1.165, 1.54) is 0 Å². The fraction of sp³-hybridized carbons (Fsp3) is 0.417. The number of aromatic nitrogens is 1. The molecule has 39 heavy (non-hydrogen) atoms. The highest BCUT2D eigenvalue weighted by molar-refractivity contribution is 5.95. The lowest BCUT2D eigenvalue weighted by molar-refractivity contribution is -0.143. The molecule has 4 unspecified atom stereocenters. The number of hydrogen-bond donors (Lipinski definition) is 9. The molecule has 0 aliphatic heterocycles. The van der Waals surface area contributed by atoms with Crippen molar-refractivity contribution in [2.24, 2.45) is 11.5 Å². The summed E-state index contributed by atoms with van der Waals surface area (Å²) in [6, 6.07) is 1.53. The smallest absolute Gasteiger partial charge is 0.326 e. The van der Waals surface area contributed by atoms with E-state index in [-0.39, 0.29) is 19.3 Å². The summed E-state index contributed by atoms with van der Waals surface area (Å²) in [6.45, 7) is -0.691. The lowest BCUT2D eigenvalue weighted by Crippen LogP contribution is -2.58. The highest BCUT2D eigenvalue weighted by Crippen LogP contribution is 2.19. The summed E-state index contributed by atoms with van der Waals surface area (Å²) < 4.78 is 0. The zero-order valence-electron chi connectivity index (χ0n) is 20.9. The zero-order valence-corrected chi connectivity index (χ0v) is 20.9. The summed E-state index contributed by atoms with van der Waals surface area (Å²) >= 11 is 0. The van der Waals surface area contributed by atoms with Crippen molar-refractivity contribution in [1.29, 1.82) is 0 Å². The number of carbonyl (C=O) groups is 6. The van der Waals surface area contributed by atoms with E-state index in [9.17, 15) is 39.0 Å². The normalized spacial score (nSPS) is 14.0. The van der Waals surface area contributed by atoms with E-state index in [0.29, 0.717) is 5.56 Å². The molecular weight excluding hydrogens is 516 g/mol. The van der Waals surface area contributed by atoms with Crippen LogP contribution in [-0.2, 0) is 35.2 Å². The van der Waals surface area contributed by atoms with Gasteiger partial charge in [-0.3, -0.25) is 24.0 Å². The minimum Gasteiger partial charge on any atom is -0.481 e. The quantitative estimate of drug-likeness (QED) is 0.108. The standard InChI is InChI=1S/C24H32N6O9/c25-14(11-31)21(35)30-18(9-12-10-27-15-4-2-1-3-13(12)15)23(37)28-16(5-7-19(26)32)22(36)29-17(24(38)39)6-8-20(33)34/h1-4,10,14,16-18,27,31H,5-9,11,25H2,(H2,26,32)(H,28,37)(H,29,36)(H,30,35)(H,33,34)(H,38,39). The third-order valence-corrected chi connectivity index (χ3v) is 5.84. The molecule has 1 aromatic heterocycles. The molecule has 1 heterocycles. The fourth-order valence-electron chi connectivity index (χ4n) is 3.72. The number of aliphatic hydroxyl groups is 1. The van der Waals surface area contributed by atoms with Crippen LogP contribution in [0, 0.1) is 0 Å². The Bertz CT molecular complexity index is 1210. The van der Waals surface area contributed by atoms with Gasteiger partial charge in [-0.25, -0.2) is 4.79 Å². The molecular formula is C24H32N6O9. The number of carboxylic acids is 2. The number of amides is 4. The molecule has 212 valence electrons. The summed E-state index contributed by atoms with van der Waals surface area (Å²) in [5, 5.41) is 35.2. The number of H-pyrrole nitrogens is 1. The molecule has 0 saturated carbocycles. The van der Waals surface area contributed by atoms with Gasteiger partial charge in [-0.05, 0) is 24.5 Å². The topological polar surface area (TPSA) is 267 Å². The van der Waals surface area contributed by atoms with Crippen LogP contribution in [0.2, 0.25) is 0 Å². The lowest BCUT2D eigenvalue weighted by atomic mass is 10.0. The van der Waals surface area contributed by atoms with Crippen LogP contribution in [-0.4, -0.2) is 86.6 Å². The highest BCUT2D eigenvalue weighted by Gasteiger charge is 2.31. The van der Waals surface area contributed by atoms with Gasteiger partial charge in [0.15, 0.2) is 0 Å². The first-order chi connectivity index (χ1) is 18.4. The van der Waals surface area contributed by atoms with Crippen LogP contribution in [0.1, 0.15) is 31.2 Å². The van der Waals surface area contributed by atoms with Gasteiger partial charge in [0.2, 0.25) is 23.6 Å². The molecule has 11 N–H and O–H groups in total. The number of nitrogens with one attached hydrogen (secondary N) is 4. The van der Waals surface area contributed by atoms with Crippen molar-refractivity contribution in [2.75, 3.05) is 6.61 Å². The second-order valence-electron chi connectivity index (χ2n) is 8.81. The Hall–Kier alpha value is -4.50. The van der Waals surface area contributed by atoms with Crippen LogP contribution in [0.25, 0.3) is 10.9 Å². The number of aliphatic hydroxyl groups excluding tert-OH is 1. The first-order valence-corrected chi connectivity index (χ1v) is 12.0. The zero-order chi connectivity index (χ0) is 29.1. The Kier molecular flexibility index (Phi) is 11.4. The van der Waals surface area contributed by atoms with Gasteiger partial charge in [0, 0.05) is 36.4 Å². The Labute approximate surface area is 222 Å². The van der Waals surface area contributed by atoms with Crippen molar-refractivity contribution in [2.45, 2.75) is 56.3 Å². The molecule has 4 atom stereocenters. The number of aromatic amines is 1. The third kappa shape index (κ3) is 9.39. The van der Waals surface area contributed by atoms with Crippen LogP contribution in [0.5, 0.6) is 0 Å². The average Bonchev–Trinajstić information content (AvgIpc) is 3.29. The number of fused-ring (bicyclic) bond motifs is 1. The number of primary amides is 1. The molecule has 1 aromatic carbocycles. The van der Waals surface area contributed by atoms with Crippen molar-refractivity contribution in [3.05, 3.63) is 36.0 Å². The number of carboxylic acid groups (broad SMARTS) is 2. The molecule has 15 heteroatoms. The Morgan fingerprint density at radius 2 is 1.44 bits per heavy atom. The minimum atomic E-state index is -1.58. The fourth-order valence-corrected chi connectivity index (χ4v) is 3.72. The van der Waals surface area contributed by atoms with Crippen molar-refractivity contribution in [1.82, 2.24) is 20.9 Å². The summed E-state index contributed by atoms with van der Waals surface area (Å²) in [5.41, 5.74) is 12.2. The van der Waals surface area contributed by atoms with Crippen LogP contribution < -0.4 is 27.4 Å². The van der Waals surface area contributed by atoms with Gasteiger partial charge in [-0.15, -0.1) is 0 Å². The van der Waals surface area contributed by atoms with Gasteiger partial charge in [-0.1, -0.05) is 18.2 Å². The molecule has 0 radical (unpaired) electrons. The van der Waals surface area contributed by atoms with E-state index in [4.69, 9.17) is 16.6 Å². The van der Waals surface area contributed by atoms with Crippen LogP contribution in [0.4, 0.5) is 0 Å². The average molecular weight is 549 g/mol. The first kappa shape index (κ1) is 30.7. The van der Waals surface area contributed by atoms with Crippen LogP contribution in [0.3, 0.4) is 0 Å². The summed E-state index contributed by atoms with van der Waals surface area (Å²) in [7, 11) is 0. The predicted octanol–water partition coefficient (Wildman–Crippen LogP) is -2.30. The molecule has 4 amide bonds. The highest BCUT2D eigenvalue weighted by atomic mass is 16.4. The van der Waals surface area contributed by atoms with E-state index in [1.807, 2.05) is 6.07 Å². The van der Waals surface area contributed by atoms with E-state index in [2.05, 4.69) is 20.9 Å². The van der Waals surface area contributed by atoms with Gasteiger partial charge < -0.3 is 47.7 Å². The number of rotatable bonds is 16. The maximum atomic E-state index is 13.3. The van der Waals surface area contributed by atoms with E-state index in [1.54, 1.807) is 24.4 Å². The summed E-state index contributed by atoms with van der Waals surface area (Å²) in [6.07, 6.45) is -0.0344. The van der Waals surface area contributed by atoms with Crippen LogP contribution in [0.15, 0.2) is 30.5 Å². The number of nitrogens with two attached hydrogens (primary N) is 2. The van der Waals surface area contributed by atoms with Crippen LogP contribution >= 0.6 is 0 Å². The molecule has 2 aromatic rings.